The van der Waals surface area contributed by atoms with Crippen LogP contribution in [0.25, 0.3) is 22.0 Å². The molecule has 0 bridgehead atoms. The third-order valence-electron chi connectivity index (χ3n) is 3.73. The molecule has 0 aliphatic carbocycles. The molecule has 0 aliphatic heterocycles. The third-order valence-corrected chi connectivity index (χ3v) is 3.73. The van der Waals surface area contributed by atoms with Crippen LogP contribution in [0, 0.1) is 0 Å². The molecule has 0 aliphatic rings. The van der Waals surface area contributed by atoms with Crippen molar-refractivity contribution in [3.8, 4) is 11.3 Å². The minimum Gasteiger partial charge on any atom is -0.413 e. The Morgan fingerprint density at radius 2 is 1.73 bits per heavy atom. The van der Waals surface area contributed by atoms with Gasteiger partial charge in [0.1, 0.15) is 7.11 Å². The number of hydrogen-bond acceptors (Lipinski definition) is 3. The summed E-state index contributed by atoms with van der Waals surface area (Å²) < 4.78 is 1.34. The van der Waals surface area contributed by atoms with Crippen LogP contribution in [-0.4, -0.2) is 25.9 Å². The van der Waals surface area contributed by atoms with Crippen LogP contribution in [0.2, 0.25) is 0 Å². The van der Waals surface area contributed by atoms with Crippen molar-refractivity contribution in [1.82, 2.24) is 4.73 Å². The second-order valence-corrected chi connectivity index (χ2v) is 5.34. The number of pyridine rings is 1. The molecular formula is C18H18N2O2. The van der Waals surface area contributed by atoms with E-state index in [4.69, 9.17) is 4.84 Å². The average molecular weight is 294 g/mol. The number of benzene rings is 2. The molecule has 2 aromatic carbocycles. The first kappa shape index (κ1) is 14.2. The summed E-state index contributed by atoms with van der Waals surface area (Å²) in [5.41, 5.74) is 2.60. The van der Waals surface area contributed by atoms with E-state index in [1.54, 1.807) is 0 Å². The van der Waals surface area contributed by atoms with Crippen LogP contribution in [0.4, 0.5) is 5.69 Å². The zero-order chi connectivity index (χ0) is 15.7. The smallest absolute Gasteiger partial charge is 0.291 e. The fraction of sp³-hybridized carbons (Fsp3) is 0.167. The van der Waals surface area contributed by atoms with Gasteiger partial charge in [0.25, 0.3) is 5.56 Å². The van der Waals surface area contributed by atoms with Gasteiger partial charge in [-0.15, -0.1) is 4.73 Å². The second kappa shape index (κ2) is 5.56. The monoisotopic (exact) mass is 294 g/mol. The topological polar surface area (TPSA) is 34.5 Å². The lowest BCUT2D eigenvalue weighted by Gasteiger charge is -2.16. The molecule has 0 amide bonds. The van der Waals surface area contributed by atoms with E-state index in [0.717, 1.165) is 22.3 Å². The molecule has 22 heavy (non-hydrogen) atoms. The molecule has 0 atom stereocenters. The lowest BCUT2D eigenvalue weighted by Crippen LogP contribution is -2.26. The SMILES string of the molecule is COn1c(-c2ccccc2)cc2cc(N(C)C)ccc2c1=O. The van der Waals surface area contributed by atoms with Gasteiger partial charge in [-0.3, -0.25) is 4.79 Å². The first-order valence-corrected chi connectivity index (χ1v) is 7.09. The van der Waals surface area contributed by atoms with Crippen molar-refractivity contribution in [3.05, 3.63) is 65.0 Å². The highest BCUT2D eigenvalue weighted by Crippen LogP contribution is 2.24. The summed E-state index contributed by atoms with van der Waals surface area (Å²) in [7, 11) is 5.47. The summed E-state index contributed by atoms with van der Waals surface area (Å²) in [6.45, 7) is 0. The number of fused-ring (bicyclic) bond motifs is 1. The number of rotatable bonds is 3. The molecule has 3 aromatic rings. The third kappa shape index (κ3) is 2.33. The summed E-state index contributed by atoms with van der Waals surface area (Å²) >= 11 is 0. The molecule has 0 N–H and O–H groups in total. The fourth-order valence-electron chi connectivity index (χ4n) is 2.56. The molecule has 0 spiro atoms. The summed E-state index contributed by atoms with van der Waals surface area (Å²) in [4.78, 5) is 20.0. The Balaban J connectivity index is 2.34. The summed E-state index contributed by atoms with van der Waals surface area (Å²) in [5.74, 6) is 0. The summed E-state index contributed by atoms with van der Waals surface area (Å²) in [6, 6.07) is 17.6. The van der Waals surface area contributed by atoms with Gasteiger partial charge in [-0.1, -0.05) is 30.3 Å². The number of nitrogens with zero attached hydrogens (tertiary/aromatic N) is 2. The molecule has 1 heterocycles. The molecular weight excluding hydrogens is 276 g/mol. The predicted octanol–water partition coefficient (Wildman–Crippen LogP) is 2.79. The predicted molar refractivity (Wildman–Crippen MR) is 90.5 cm³/mol. The van der Waals surface area contributed by atoms with E-state index in [1.165, 1.54) is 11.8 Å². The minimum absolute atomic E-state index is 0.149. The van der Waals surface area contributed by atoms with E-state index in [1.807, 2.05) is 73.6 Å². The van der Waals surface area contributed by atoms with Crippen LogP contribution in [0.15, 0.2) is 59.4 Å². The lowest BCUT2D eigenvalue weighted by molar-refractivity contribution is 0.163. The molecule has 3 rings (SSSR count). The Morgan fingerprint density at radius 1 is 1.00 bits per heavy atom. The lowest BCUT2D eigenvalue weighted by atomic mass is 10.1. The summed E-state index contributed by atoms with van der Waals surface area (Å²) in [6.07, 6.45) is 0. The first-order valence-electron chi connectivity index (χ1n) is 7.09. The van der Waals surface area contributed by atoms with Gasteiger partial charge in [0.05, 0.1) is 11.1 Å². The molecule has 1 aromatic heterocycles. The Bertz CT molecular complexity index is 867. The highest BCUT2D eigenvalue weighted by atomic mass is 16.6. The van der Waals surface area contributed by atoms with Crippen LogP contribution >= 0.6 is 0 Å². The van der Waals surface area contributed by atoms with Crippen LogP contribution in [0.1, 0.15) is 0 Å². The van der Waals surface area contributed by atoms with Gasteiger partial charge in [0.15, 0.2) is 0 Å². The molecule has 4 nitrogen and oxygen atoms in total. The van der Waals surface area contributed by atoms with Crippen LogP contribution in [-0.2, 0) is 0 Å². The Hall–Kier alpha value is -2.75. The van der Waals surface area contributed by atoms with Crippen molar-refractivity contribution >= 4 is 16.5 Å². The number of anilines is 1. The van der Waals surface area contributed by atoms with Gasteiger partial charge < -0.3 is 9.74 Å². The highest BCUT2D eigenvalue weighted by Gasteiger charge is 2.12. The van der Waals surface area contributed by atoms with Gasteiger partial charge >= 0.3 is 0 Å². The summed E-state index contributed by atoms with van der Waals surface area (Å²) in [5, 5.41) is 1.55. The zero-order valence-corrected chi connectivity index (χ0v) is 12.9. The Kier molecular flexibility index (Phi) is 3.59. The van der Waals surface area contributed by atoms with E-state index >= 15 is 0 Å². The largest absolute Gasteiger partial charge is 0.413 e. The second-order valence-electron chi connectivity index (χ2n) is 5.34. The van der Waals surface area contributed by atoms with Crippen LogP contribution in [0.3, 0.4) is 0 Å². The molecule has 0 radical (unpaired) electrons. The molecule has 0 fully saturated rings. The van der Waals surface area contributed by atoms with Gasteiger partial charge in [0.2, 0.25) is 0 Å². The van der Waals surface area contributed by atoms with Crippen molar-refractivity contribution < 1.29 is 4.84 Å². The maximum atomic E-state index is 12.7. The van der Waals surface area contributed by atoms with E-state index < -0.39 is 0 Å². The standard InChI is InChI=1S/C18H18N2O2/c1-19(2)15-9-10-16-14(11-15)12-17(20(22-3)18(16)21)13-7-5-4-6-8-13/h4-12H,1-3H3. The van der Waals surface area contributed by atoms with E-state index in [-0.39, 0.29) is 5.56 Å². The van der Waals surface area contributed by atoms with E-state index in [2.05, 4.69) is 0 Å². The number of hydrogen-bond donors (Lipinski definition) is 0. The van der Waals surface area contributed by atoms with Crippen LogP contribution in [0.5, 0.6) is 0 Å². The number of aromatic nitrogens is 1. The maximum absolute atomic E-state index is 12.7. The zero-order valence-electron chi connectivity index (χ0n) is 12.9. The van der Waals surface area contributed by atoms with Crippen LogP contribution < -0.4 is 15.3 Å². The van der Waals surface area contributed by atoms with E-state index in [0.29, 0.717) is 5.39 Å². The maximum Gasteiger partial charge on any atom is 0.291 e. The van der Waals surface area contributed by atoms with Gasteiger partial charge in [-0.25, -0.2) is 0 Å². The first-order chi connectivity index (χ1) is 10.6. The average Bonchev–Trinajstić information content (AvgIpc) is 2.55. The molecule has 0 saturated carbocycles. The Labute approximate surface area is 129 Å². The van der Waals surface area contributed by atoms with Crippen molar-refractivity contribution in [2.75, 3.05) is 26.1 Å². The van der Waals surface area contributed by atoms with Gasteiger partial charge in [0, 0.05) is 25.3 Å². The van der Waals surface area contributed by atoms with E-state index in [9.17, 15) is 4.79 Å². The molecule has 0 saturated heterocycles. The normalized spacial score (nSPS) is 10.7. The van der Waals surface area contributed by atoms with Gasteiger partial charge in [-0.05, 0) is 29.7 Å². The minimum atomic E-state index is -0.149. The van der Waals surface area contributed by atoms with Crippen molar-refractivity contribution in [2.24, 2.45) is 0 Å². The molecule has 112 valence electrons. The highest BCUT2D eigenvalue weighted by molar-refractivity contribution is 5.88. The van der Waals surface area contributed by atoms with Crippen molar-refractivity contribution in [2.45, 2.75) is 0 Å². The fourth-order valence-corrected chi connectivity index (χ4v) is 2.56. The Morgan fingerprint density at radius 3 is 2.36 bits per heavy atom. The quantitative estimate of drug-likeness (QED) is 0.745. The van der Waals surface area contributed by atoms with Crippen molar-refractivity contribution in [3.63, 3.8) is 0 Å². The molecule has 0 unspecified atom stereocenters. The van der Waals surface area contributed by atoms with Crippen molar-refractivity contribution in [1.29, 1.82) is 0 Å². The van der Waals surface area contributed by atoms with Gasteiger partial charge in [-0.2, -0.15) is 0 Å². The molecule has 4 heteroatoms.